The Kier molecular flexibility index (Phi) is 6.80. The van der Waals surface area contributed by atoms with Gasteiger partial charge >= 0.3 is 0 Å². The van der Waals surface area contributed by atoms with Crippen molar-refractivity contribution in [3.8, 4) is 11.4 Å². The van der Waals surface area contributed by atoms with Crippen molar-refractivity contribution < 1.29 is 4.79 Å². The maximum Gasteiger partial charge on any atom is 0.224 e. The predicted octanol–water partition coefficient (Wildman–Crippen LogP) is 1.87. The maximum atomic E-state index is 11.6. The van der Waals surface area contributed by atoms with Crippen LogP contribution in [0.3, 0.4) is 0 Å². The summed E-state index contributed by atoms with van der Waals surface area (Å²) in [4.78, 5) is 15.9. The zero-order valence-corrected chi connectivity index (χ0v) is 13.9. The van der Waals surface area contributed by atoms with Crippen LogP contribution in [0, 0.1) is 5.92 Å². The molecule has 0 bridgehead atoms. The molecule has 0 spiro atoms. The number of amides is 1. The van der Waals surface area contributed by atoms with Crippen molar-refractivity contribution in [3.63, 3.8) is 0 Å². The molecule has 6 nitrogen and oxygen atoms in total. The van der Waals surface area contributed by atoms with Gasteiger partial charge in [-0.3, -0.25) is 9.89 Å². The Balaban J connectivity index is 0.00000220. The van der Waals surface area contributed by atoms with Gasteiger partial charge in [-0.05, 0) is 12.1 Å². The Morgan fingerprint density at radius 3 is 2.71 bits per heavy atom. The molecule has 114 valence electrons. The van der Waals surface area contributed by atoms with E-state index in [1.807, 2.05) is 24.3 Å². The lowest BCUT2D eigenvalue weighted by Crippen LogP contribution is -2.33. The van der Waals surface area contributed by atoms with E-state index in [9.17, 15) is 4.79 Å². The van der Waals surface area contributed by atoms with Crippen LogP contribution in [0.15, 0.2) is 28.7 Å². The topological polar surface area (TPSA) is 96.7 Å². The first-order valence-corrected chi connectivity index (χ1v) is 7.04. The van der Waals surface area contributed by atoms with E-state index in [1.165, 1.54) is 0 Å². The summed E-state index contributed by atoms with van der Waals surface area (Å²) in [7, 11) is 0. The quantitative estimate of drug-likeness (QED) is 0.744. The zero-order chi connectivity index (χ0) is 14.5. The highest BCUT2D eigenvalue weighted by Gasteiger charge is 2.11. The normalized spacial score (nSPS) is 11.6. The van der Waals surface area contributed by atoms with Gasteiger partial charge in [0.2, 0.25) is 5.91 Å². The van der Waals surface area contributed by atoms with Crippen LogP contribution in [0.1, 0.15) is 12.7 Å². The summed E-state index contributed by atoms with van der Waals surface area (Å²) in [6, 6.07) is 7.70. The van der Waals surface area contributed by atoms with Gasteiger partial charge in [-0.1, -0.05) is 35.0 Å². The van der Waals surface area contributed by atoms with Gasteiger partial charge < -0.3 is 11.1 Å². The van der Waals surface area contributed by atoms with Crippen molar-refractivity contribution in [3.05, 3.63) is 34.6 Å². The van der Waals surface area contributed by atoms with Crippen LogP contribution in [0.25, 0.3) is 11.4 Å². The van der Waals surface area contributed by atoms with Crippen molar-refractivity contribution >= 4 is 34.2 Å². The molecule has 8 heteroatoms. The number of aromatic nitrogens is 3. The van der Waals surface area contributed by atoms with Gasteiger partial charge in [0.15, 0.2) is 5.82 Å². The predicted molar refractivity (Wildman–Crippen MR) is 86.8 cm³/mol. The number of carbonyl (C=O) groups is 1. The molecule has 1 aromatic heterocycles. The lowest BCUT2D eigenvalue weighted by molar-refractivity contribution is -0.124. The van der Waals surface area contributed by atoms with E-state index >= 15 is 0 Å². The minimum absolute atomic E-state index is 0. The van der Waals surface area contributed by atoms with Crippen LogP contribution in [-0.4, -0.2) is 27.6 Å². The standard InChI is InChI=1S/C13H16BrN5O.ClH/c1-8(6-15)13(20)16-7-11-17-12(19-18-11)9-2-4-10(14)5-3-9;/h2-5,8H,6-7,15H2,1H3,(H,16,20)(H,17,18,19);1H. The smallest absolute Gasteiger partial charge is 0.224 e. The molecule has 0 fully saturated rings. The molecule has 21 heavy (non-hydrogen) atoms. The molecule has 1 heterocycles. The third-order valence-electron chi connectivity index (χ3n) is 2.87. The van der Waals surface area contributed by atoms with E-state index in [2.05, 4.69) is 36.4 Å². The minimum Gasteiger partial charge on any atom is -0.349 e. The van der Waals surface area contributed by atoms with Crippen LogP contribution < -0.4 is 11.1 Å². The number of H-pyrrole nitrogens is 1. The first kappa shape index (κ1) is 17.6. The van der Waals surface area contributed by atoms with E-state index in [-0.39, 0.29) is 24.2 Å². The third-order valence-corrected chi connectivity index (χ3v) is 3.39. The van der Waals surface area contributed by atoms with E-state index in [1.54, 1.807) is 6.92 Å². The molecule has 1 aromatic carbocycles. The van der Waals surface area contributed by atoms with Crippen LogP contribution >= 0.6 is 28.3 Å². The summed E-state index contributed by atoms with van der Waals surface area (Å²) in [5, 5.41) is 9.71. The number of rotatable bonds is 5. The van der Waals surface area contributed by atoms with E-state index < -0.39 is 0 Å². The average Bonchev–Trinajstić information content (AvgIpc) is 2.93. The highest BCUT2D eigenvalue weighted by Crippen LogP contribution is 2.18. The fraction of sp³-hybridized carbons (Fsp3) is 0.308. The second-order valence-electron chi connectivity index (χ2n) is 4.47. The molecule has 2 aromatic rings. The van der Waals surface area contributed by atoms with Crippen molar-refractivity contribution in [1.82, 2.24) is 20.5 Å². The second kappa shape index (κ2) is 8.11. The minimum atomic E-state index is -0.205. The van der Waals surface area contributed by atoms with Gasteiger partial charge in [0.1, 0.15) is 5.82 Å². The van der Waals surface area contributed by atoms with Gasteiger partial charge in [-0.2, -0.15) is 5.10 Å². The number of nitrogens with one attached hydrogen (secondary N) is 2. The van der Waals surface area contributed by atoms with Gasteiger partial charge in [0.05, 0.1) is 6.54 Å². The molecule has 0 aliphatic carbocycles. The Morgan fingerprint density at radius 2 is 2.10 bits per heavy atom. The lowest BCUT2D eigenvalue weighted by Gasteiger charge is -2.07. The number of nitrogens with two attached hydrogens (primary N) is 1. The monoisotopic (exact) mass is 373 g/mol. The van der Waals surface area contributed by atoms with Gasteiger partial charge in [0.25, 0.3) is 0 Å². The molecule has 0 saturated heterocycles. The van der Waals surface area contributed by atoms with Crippen molar-refractivity contribution in [1.29, 1.82) is 0 Å². The van der Waals surface area contributed by atoms with E-state index in [4.69, 9.17) is 5.73 Å². The molecule has 4 N–H and O–H groups in total. The van der Waals surface area contributed by atoms with E-state index in [0.717, 1.165) is 10.0 Å². The number of aromatic amines is 1. The number of hydrogen-bond donors (Lipinski definition) is 3. The van der Waals surface area contributed by atoms with E-state index in [0.29, 0.717) is 24.7 Å². The van der Waals surface area contributed by atoms with Gasteiger partial charge in [-0.25, -0.2) is 4.98 Å². The molecule has 0 aliphatic rings. The molecule has 1 unspecified atom stereocenters. The molecular weight excluding hydrogens is 358 g/mol. The zero-order valence-electron chi connectivity index (χ0n) is 11.5. The van der Waals surface area contributed by atoms with Crippen LogP contribution in [-0.2, 0) is 11.3 Å². The van der Waals surface area contributed by atoms with Crippen LogP contribution in [0.2, 0.25) is 0 Å². The van der Waals surface area contributed by atoms with Gasteiger partial charge in [-0.15, -0.1) is 12.4 Å². The molecule has 1 amide bonds. The highest BCUT2D eigenvalue weighted by molar-refractivity contribution is 9.10. The number of benzene rings is 1. The molecule has 0 aliphatic heterocycles. The fourth-order valence-corrected chi connectivity index (χ4v) is 1.82. The van der Waals surface area contributed by atoms with Gasteiger partial charge in [0, 0.05) is 22.5 Å². The summed E-state index contributed by atoms with van der Waals surface area (Å²) >= 11 is 3.38. The Morgan fingerprint density at radius 1 is 1.43 bits per heavy atom. The number of halogens is 2. The Hall–Kier alpha value is -1.44. The molecule has 0 saturated carbocycles. The average molecular weight is 375 g/mol. The number of carbonyl (C=O) groups excluding carboxylic acids is 1. The molecule has 0 radical (unpaired) electrons. The number of hydrogen-bond acceptors (Lipinski definition) is 4. The fourth-order valence-electron chi connectivity index (χ4n) is 1.55. The molecular formula is C13H17BrClN5O. The summed E-state index contributed by atoms with van der Waals surface area (Å²) < 4.78 is 1.00. The first-order valence-electron chi connectivity index (χ1n) is 6.25. The highest BCUT2D eigenvalue weighted by atomic mass is 79.9. The second-order valence-corrected chi connectivity index (χ2v) is 5.38. The first-order chi connectivity index (χ1) is 9.60. The van der Waals surface area contributed by atoms with Crippen LogP contribution in [0.4, 0.5) is 0 Å². The van der Waals surface area contributed by atoms with Crippen molar-refractivity contribution in [2.75, 3.05) is 6.54 Å². The summed E-state index contributed by atoms with van der Waals surface area (Å²) in [6.45, 7) is 2.42. The molecule has 1 atom stereocenters. The Bertz CT molecular complexity index is 587. The largest absolute Gasteiger partial charge is 0.349 e. The third kappa shape index (κ3) is 4.80. The maximum absolute atomic E-state index is 11.6. The summed E-state index contributed by atoms with van der Waals surface area (Å²) in [6.07, 6.45) is 0. The summed E-state index contributed by atoms with van der Waals surface area (Å²) in [5.74, 6) is 0.923. The SMILES string of the molecule is CC(CN)C(=O)NCc1nc(-c2ccc(Br)cc2)n[nH]1.Cl. The Labute approximate surface area is 137 Å². The van der Waals surface area contributed by atoms with Crippen LogP contribution in [0.5, 0.6) is 0 Å². The number of nitrogens with zero attached hydrogens (tertiary/aromatic N) is 2. The van der Waals surface area contributed by atoms with Crippen molar-refractivity contribution in [2.45, 2.75) is 13.5 Å². The summed E-state index contributed by atoms with van der Waals surface area (Å²) in [5.41, 5.74) is 6.35. The lowest BCUT2D eigenvalue weighted by atomic mass is 10.2. The van der Waals surface area contributed by atoms with Crippen molar-refractivity contribution in [2.24, 2.45) is 11.7 Å². The molecule has 2 rings (SSSR count).